The summed E-state index contributed by atoms with van der Waals surface area (Å²) in [5.41, 5.74) is -1.93. The van der Waals surface area contributed by atoms with E-state index >= 15 is 0 Å². The number of hydrogen-bond acceptors (Lipinski definition) is 5. The number of para-hydroxylation sites is 2. The summed E-state index contributed by atoms with van der Waals surface area (Å²) in [5.74, 6) is -3.69. The van der Waals surface area contributed by atoms with Crippen molar-refractivity contribution in [3.05, 3.63) is 75.5 Å². The molecular formula is C26H25F4N5O4. The number of alkyl halides is 3. The maximum atomic E-state index is 14.3. The molecule has 1 atom stereocenters. The highest BCUT2D eigenvalue weighted by atomic mass is 19.4. The van der Waals surface area contributed by atoms with Crippen molar-refractivity contribution in [1.29, 1.82) is 0 Å². The second-order valence-electron chi connectivity index (χ2n) is 9.44. The van der Waals surface area contributed by atoms with Crippen molar-refractivity contribution in [1.82, 2.24) is 25.1 Å². The molecule has 13 heteroatoms. The number of piperazine rings is 1. The van der Waals surface area contributed by atoms with Crippen LogP contribution in [0, 0.1) is 11.7 Å². The molecule has 2 heterocycles. The minimum atomic E-state index is -4.74. The van der Waals surface area contributed by atoms with Gasteiger partial charge in [0.15, 0.2) is 5.69 Å². The van der Waals surface area contributed by atoms with Crippen LogP contribution in [0.15, 0.2) is 47.3 Å². The number of nitrogens with one attached hydrogen (secondary N) is 2. The van der Waals surface area contributed by atoms with Gasteiger partial charge < -0.3 is 20.1 Å². The van der Waals surface area contributed by atoms with Crippen LogP contribution in [0.5, 0.6) is 0 Å². The standard InChI is InChI=1S/C26H25F4N5O4/c1-14(2)20(33-23(37)21-22(36)32-19-6-4-3-5-18(19)31-21)25(39)35-11-9-34(10-12-35)24(38)16-8-7-15(13-17(16)27)26(28,29)30/h3-8,13-14,20H,9-12H2,1-2H3,(H,32,36)(H,33,37)/t20-/m0/s1. The SMILES string of the molecule is CC(C)[C@H](NC(=O)c1nc2ccccc2[nH]c1=O)C(=O)N1CCN(C(=O)c2ccc(C(F)(F)F)cc2F)CC1. The lowest BCUT2D eigenvalue weighted by Gasteiger charge is -2.37. The molecule has 1 saturated heterocycles. The van der Waals surface area contributed by atoms with E-state index in [0.29, 0.717) is 17.1 Å². The summed E-state index contributed by atoms with van der Waals surface area (Å²) in [7, 11) is 0. The number of aromatic nitrogens is 2. The molecule has 206 valence electrons. The van der Waals surface area contributed by atoms with Gasteiger partial charge in [-0.1, -0.05) is 26.0 Å². The van der Waals surface area contributed by atoms with Crippen LogP contribution < -0.4 is 10.9 Å². The average Bonchev–Trinajstić information content (AvgIpc) is 2.89. The smallest absolute Gasteiger partial charge is 0.338 e. The third-order valence-corrected chi connectivity index (χ3v) is 6.44. The largest absolute Gasteiger partial charge is 0.416 e. The fourth-order valence-corrected chi connectivity index (χ4v) is 4.27. The number of H-pyrrole nitrogens is 1. The predicted molar refractivity (Wildman–Crippen MR) is 132 cm³/mol. The second-order valence-corrected chi connectivity index (χ2v) is 9.44. The van der Waals surface area contributed by atoms with E-state index < -0.39 is 52.4 Å². The summed E-state index contributed by atoms with van der Waals surface area (Å²) in [5, 5.41) is 2.59. The molecule has 2 aromatic carbocycles. The molecule has 0 radical (unpaired) electrons. The first kappa shape index (κ1) is 27.7. The van der Waals surface area contributed by atoms with Crippen molar-refractivity contribution in [2.24, 2.45) is 5.92 Å². The van der Waals surface area contributed by atoms with Crippen LogP contribution >= 0.6 is 0 Å². The van der Waals surface area contributed by atoms with Gasteiger partial charge in [0.05, 0.1) is 22.2 Å². The van der Waals surface area contributed by atoms with Crippen LogP contribution in [0.25, 0.3) is 11.0 Å². The number of carbonyl (C=O) groups excluding carboxylic acids is 3. The molecule has 3 aromatic rings. The van der Waals surface area contributed by atoms with Crippen LogP contribution in [0.3, 0.4) is 0 Å². The lowest BCUT2D eigenvalue weighted by atomic mass is 10.0. The molecule has 1 fully saturated rings. The molecule has 3 amide bonds. The van der Waals surface area contributed by atoms with Gasteiger partial charge in [0.2, 0.25) is 5.91 Å². The Morgan fingerprint density at radius 2 is 1.64 bits per heavy atom. The summed E-state index contributed by atoms with van der Waals surface area (Å²) < 4.78 is 52.7. The Morgan fingerprint density at radius 1 is 1.00 bits per heavy atom. The Labute approximate surface area is 219 Å². The number of nitrogens with zero attached hydrogens (tertiary/aromatic N) is 3. The van der Waals surface area contributed by atoms with E-state index in [0.717, 1.165) is 6.07 Å². The Bertz CT molecular complexity index is 1480. The van der Waals surface area contributed by atoms with Gasteiger partial charge in [-0.3, -0.25) is 19.2 Å². The summed E-state index contributed by atoms with van der Waals surface area (Å²) >= 11 is 0. The summed E-state index contributed by atoms with van der Waals surface area (Å²) in [4.78, 5) is 60.7. The minimum absolute atomic E-state index is 0.00962. The van der Waals surface area contributed by atoms with E-state index in [1.54, 1.807) is 38.1 Å². The molecule has 1 aliphatic heterocycles. The Hall–Kier alpha value is -4.29. The molecule has 39 heavy (non-hydrogen) atoms. The molecular weight excluding hydrogens is 522 g/mol. The van der Waals surface area contributed by atoms with Gasteiger partial charge in [0, 0.05) is 26.2 Å². The molecule has 0 bridgehead atoms. The maximum absolute atomic E-state index is 14.3. The molecule has 1 aliphatic rings. The fraction of sp³-hybridized carbons (Fsp3) is 0.346. The molecule has 4 rings (SSSR count). The number of aromatic amines is 1. The first-order chi connectivity index (χ1) is 18.4. The van der Waals surface area contributed by atoms with Crippen LogP contribution in [-0.4, -0.2) is 69.7 Å². The second kappa shape index (κ2) is 10.8. The van der Waals surface area contributed by atoms with Crippen molar-refractivity contribution in [3.8, 4) is 0 Å². The average molecular weight is 548 g/mol. The zero-order valence-corrected chi connectivity index (χ0v) is 21.0. The van der Waals surface area contributed by atoms with Crippen molar-refractivity contribution >= 4 is 28.8 Å². The van der Waals surface area contributed by atoms with Crippen LogP contribution in [-0.2, 0) is 11.0 Å². The number of carbonyl (C=O) groups is 3. The number of rotatable bonds is 5. The quantitative estimate of drug-likeness (QED) is 0.477. The fourth-order valence-electron chi connectivity index (χ4n) is 4.27. The molecule has 9 nitrogen and oxygen atoms in total. The summed E-state index contributed by atoms with van der Waals surface area (Å²) in [6.45, 7) is 3.56. The minimum Gasteiger partial charge on any atom is -0.338 e. The van der Waals surface area contributed by atoms with E-state index in [2.05, 4.69) is 15.3 Å². The zero-order chi connectivity index (χ0) is 28.5. The van der Waals surface area contributed by atoms with Crippen LogP contribution in [0.1, 0.15) is 40.3 Å². The Morgan fingerprint density at radius 3 is 2.26 bits per heavy atom. The Kier molecular flexibility index (Phi) is 7.70. The van der Waals surface area contributed by atoms with Gasteiger partial charge in [-0.05, 0) is 36.2 Å². The molecule has 0 spiro atoms. The highest BCUT2D eigenvalue weighted by Gasteiger charge is 2.35. The van der Waals surface area contributed by atoms with Crippen molar-refractivity contribution in [3.63, 3.8) is 0 Å². The van der Waals surface area contributed by atoms with E-state index in [-0.39, 0.29) is 43.9 Å². The normalized spacial score (nSPS) is 14.9. The van der Waals surface area contributed by atoms with E-state index in [1.807, 2.05) is 0 Å². The van der Waals surface area contributed by atoms with Gasteiger partial charge in [-0.25, -0.2) is 9.37 Å². The van der Waals surface area contributed by atoms with Crippen molar-refractivity contribution < 1.29 is 31.9 Å². The third-order valence-electron chi connectivity index (χ3n) is 6.44. The molecule has 0 unspecified atom stereocenters. The van der Waals surface area contributed by atoms with Crippen LogP contribution in [0.2, 0.25) is 0 Å². The first-order valence-corrected chi connectivity index (χ1v) is 12.1. The molecule has 1 aromatic heterocycles. The van der Waals surface area contributed by atoms with E-state index in [1.165, 1.54) is 9.80 Å². The number of halogens is 4. The molecule has 0 aliphatic carbocycles. The lowest BCUT2D eigenvalue weighted by Crippen LogP contribution is -2.57. The highest BCUT2D eigenvalue weighted by molar-refractivity contribution is 5.97. The number of benzene rings is 2. The van der Waals surface area contributed by atoms with Crippen molar-refractivity contribution in [2.45, 2.75) is 26.1 Å². The zero-order valence-electron chi connectivity index (χ0n) is 21.0. The topological polar surface area (TPSA) is 115 Å². The van der Waals surface area contributed by atoms with E-state index in [9.17, 15) is 36.7 Å². The monoisotopic (exact) mass is 547 g/mol. The number of amides is 3. The van der Waals surface area contributed by atoms with Gasteiger partial charge >= 0.3 is 6.18 Å². The van der Waals surface area contributed by atoms with Gasteiger partial charge in [0.1, 0.15) is 11.9 Å². The lowest BCUT2D eigenvalue weighted by molar-refractivity contribution is -0.138. The van der Waals surface area contributed by atoms with Gasteiger partial charge in [-0.15, -0.1) is 0 Å². The number of fused-ring (bicyclic) bond motifs is 1. The maximum Gasteiger partial charge on any atom is 0.416 e. The molecule has 0 saturated carbocycles. The van der Waals surface area contributed by atoms with Crippen molar-refractivity contribution in [2.75, 3.05) is 26.2 Å². The first-order valence-electron chi connectivity index (χ1n) is 12.1. The van der Waals surface area contributed by atoms with E-state index in [4.69, 9.17) is 0 Å². The number of hydrogen-bond donors (Lipinski definition) is 2. The Balaban J connectivity index is 1.42. The molecule has 2 N–H and O–H groups in total. The predicted octanol–water partition coefficient (Wildman–Crippen LogP) is 2.82. The van der Waals surface area contributed by atoms with Crippen LogP contribution in [0.4, 0.5) is 17.6 Å². The summed E-state index contributed by atoms with van der Waals surface area (Å²) in [6.07, 6.45) is -4.74. The van der Waals surface area contributed by atoms with Gasteiger partial charge in [-0.2, -0.15) is 13.2 Å². The highest BCUT2D eigenvalue weighted by Crippen LogP contribution is 2.30. The third kappa shape index (κ3) is 5.91. The summed E-state index contributed by atoms with van der Waals surface area (Å²) in [6, 6.07) is 7.39. The van der Waals surface area contributed by atoms with Gasteiger partial charge in [0.25, 0.3) is 17.4 Å².